The number of nitriles is 1. The van der Waals surface area contributed by atoms with Crippen LogP contribution in [0.2, 0.25) is 0 Å². The van der Waals surface area contributed by atoms with E-state index in [-0.39, 0.29) is 73.5 Å². The average molecular weight is 1310 g/mol. The molecule has 0 radical (unpaired) electrons. The van der Waals surface area contributed by atoms with Crippen LogP contribution in [-0.4, -0.2) is 246 Å². The third-order valence-corrected chi connectivity index (χ3v) is 18.7. The summed E-state index contributed by atoms with van der Waals surface area (Å²) in [6.07, 6.45) is 2.95. The highest BCUT2D eigenvalue weighted by Crippen LogP contribution is 2.33. The smallest absolute Gasteiger partial charge is 0.248 e. The van der Waals surface area contributed by atoms with E-state index < -0.39 is 125 Å². The Balaban J connectivity index is 3.79. The van der Waals surface area contributed by atoms with Crippen LogP contribution >= 0.6 is 0 Å². The molecular formula is C68H123N13O12. The Hall–Kier alpha value is -6.10. The number of hydrogen-bond acceptors (Lipinski definition) is 16. The number of rotatable bonds is 40. The molecule has 1 heterocycles. The Morgan fingerprint density at radius 3 is 1.76 bits per heavy atom. The molecule has 0 aromatic carbocycles. The summed E-state index contributed by atoms with van der Waals surface area (Å²) in [6.45, 7) is 31.8. The van der Waals surface area contributed by atoms with Gasteiger partial charge in [-0.05, 0) is 136 Å². The summed E-state index contributed by atoms with van der Waals surface area (Å²) in [7, 11) is 12.3. The molecule has 1 aliphatic rings. The number of carbonyl (C=O) groups excluding carboxylic acids is 11. The second-order valence-corrected chi connectivity index (χ2v) is 28.7. The number of primary amides is 1. The van der Waals surface area contributed by atoms with Gasteiger partial charge in [0.15, 0.2) is 18.2 Å². The van der Waals surface area contributed by atoms with E-state index >= 15 is 9.59 Å². The lowest BCUT2D eigenvalue weighted by Gasteiger charge is -2.49. The van der Waals surface area contributed by atoms with Gasteiger partial charge in [0.2, 0.25) is 53.2 Å². The third-order valence-electron chi connectivity index (χ3n) is 18.7. The van der Waals surface area contributed by atoms with Crippen molar-refractivity contribution in [2.75, 3.05) is 69.5 Å². The second-order valence-electron chi connectivity index (χ2n) is 28.7. The van der Waals surface area contributed by atoms with Gasteiger partial charge in [-0.2, -0.15) is 5.26 Å². The highest BCUT2D eigenvalue weighted by Gasteiger charge is 2.52. The summed E-state index contributed by atoms with van der Waals surface area (Å²) in [4.78, 5) is 168. The molecule has 0 spiro atoms. The van der Waals surface area contributed by atoms with E-state index in [9.17, 15) is 48.4 Å². The quantitative estimate of drug-likeness (QED) is 0.0485. The fraction of sp³-hybridized carbons (Fsp3) is 0.824. The summed E-state index contributed by atoms with van der Waals surface area (Å²) in [5, 5.41) is 18.1. The lowest BCUT2D eigenvalue weighted by atomic mass is 9.90. The molecule has 1 fully saturated rings. The third kappa shape index (κ3) is 23.4. The van der Waals surface area contributed by atoms with E-state index in [2.05, 4.69) is 22.0 Å². The van der Waals surface area contributed by atoms with Crippen molar-refractivity contribution in [2.45, 2.75) is 254 Å². The molecule has 0 aromatic rings. The summed E-state index contributed by atoms with van der Waals surface area (Å²) >= 11 is 0. The van der Waals surface area contributed by atoms with E-state index in [1.165, 1.54) is 78.5 Å². The van der Waals surface area contributed by atoms with Crippen LogP contribution in [0.15, 0.2) is 0 Å². The summed E-state index contributed by atoms with van der Waals surface area (Å²) in [5.41, 5.74) is 2.21. The lowest BCUT2D eigenvalue weighted by Crippen LogP contribution is -2.70. The molecule has 25 heteroatoms. The minimum atomic E-state index is -1.97. The molecule has 1 rings (SSSR count). The normalized spacial score (nSPS) is 20.4. The van der Waals surface area contributed by atoms with Gasteiger partial charge in [-0.3, -0.25) is 63.0 Å². The molecule has 1 saturated heterocycles. The van der Waals surface area contributed by atoms with Crippen molar-refractivity contribution in [3.63, 3.8) is 0 Å². The lowest BCUT2D eigenvalue weighted by molar-refractivity contribution is -0.165. The predicted octanol–water partition coefficient (Wildman–Crippen LogP) is 4.49. The maximum Gasteiger partial charge on any atom is 0.248 e. The SMILES string of the molecule is CCCCC(=O)N(C)C(C)C(=O)N(C)C(CC(C)C)C(=O)NC(C(=O)N(C)C(CCC(C)C)C(=O)NC(C)(C=O)NC(C)C(=O)N(C)C(C=O)(CC(C)C)N(C)C(CC(C)C)C(=O)N(C)C1C(=O)N(C)C(C(N)=O)C(C(C)CCN(C)CC(C)C#N)OC1C)C(C)CC. The summed E-state index contributed by atoms with van der Waals surface area (Å²) in [5.74, 6) is -6.62. The van der Waals surface area contributed by atoms with Crippen LogP contribution in [0, 0.1) is 52.8 Å². The monoisotopic (exact) mass is 1310 g/mol. The molecule has 1 aliphatic heterocycles. The van der Waals surface area contributed by atoms with Crippen LogP contribution in [0.5, 0.6) is 0 Å². The fourth-order valence-corrected chi connectivity index (χ4v) is 12.4. The standard InChI is InChI=1S/C68H123N13O12/c1-26-28-29-54(84)75(19)49(15)63(89)77(21)52(34-42(5)6)60(86)71-55(46(12)27-2)65(91)76(20)51(31-30-41(3)4)61(87)73-67(17,39-82)72-48(14)62(88)81(25)68(40-83,36-44(9)10)80(24)53(35-43(7)8)64(90)78(22)56-50(16)93-58(57(59(70)85)79(23)66(56)92)47(13)32-33-74(18)38-45(11)37-69/h39-53,55-58,72H,26-36,38H2,1-25H3,(H2,70,85)(H,71,86)(H,73,87). The highest BCUT2D eigenvalue weighted by atomic mass is 16.5. The topological polar surface area (TPSA) is 309 Å². The van der Waals surface area contributed by atoms with Crippen molar-refractivity contribution in [3.05, 3.63) is 0 Å². The van der Waals surface area contributed by atoms with Crippen molar-refractivity contribution >= 4 is 65.7 Å². The Kier molecular flexibility index (Phi) is 35.1. The number of nitrogens with zero attached hydrogens (tertiary/aromatic N) is 9. The van der Waals surface area contributed by atoms with Crippen molar-refractivity contribution in [3.8, 4) is 6.07 Å². The first-order chi connectivity index (χ1) is 43.0. The number of nitrogens with one attached hydrogen (secondary N) is 3. The predicted molar refractivity (Wildman–Crippen MR) is 360 cm³/mol. The molecule has 0 aliphatic carbocycles. The number of ether oxygens (including phenoxy) is 1. The van der Waals surface area contributed by atoms with Gasteiger partial charge in [0.05, 0.1) is 36.3 Å². The molecule has 0 aromatic heterocycles. The first kappa shape index (κ1) is 84.9. The van der Waals surface area contributed by atoms with E-state index in [1.54, 1.807) is 39.8 Å². The van der Waals surface area contributed by atoms with E-state index in [1.807, 2.05) is 95.0 Å². The van der Waals surface area contributed by atoms with Gasteiger partial charge >= 0.3 is 0 Å². The van der Waals surface area contributed by atoms with Crippen LogP contribution in [-0.2, 0) is 57.5 Å². The van der Waals surface area contributed by atoms with Crippen molar-refractivity contribution in [1.29, 1.82) is 5.26 Å². The summed E-state index contributed by atoms with van der Waals surface area (Å²) < 4.78 is 6.62. The number of nitrogens with two attached hydrogens (primary N) is 1. The minimum absolute atomic E-state index is 0.0195. The van der Waals surface area contributed by atoms with Gasteiger partial charge in [0, 0.05) is 55.3 Å². The molecule has 532 valence electrons. The maximum absolute atomic E-state index is 15.4. The van der Waals surface area contributed by atoms with Crippen LogP contribution in [0.4, 0.5) is 0 Å². The molecular weight excluding hydrogens is 1190 g/mol. The van der Waals surface area contributed by atoms with Crippen LogP contribution in [0.1, 0.15) is 182 Å². The van der Waals surface area contributed by atoms with Crippen molar-refractivity contribution in [1.82, 2.24) is 55.1 Å². The Labute approximate surface area is 558 Å². The van der Waals surface area contributed by atoms with Gasteiger partial charge in [-0.25, -0.2) is 0 Å². The maximum atomic E-state index is 15.4. The van der Waals surface area contributed by atoms with E-state index in [4.69, 9.17) is 10.5 Å². The molecule has 9 amide bonds. The molecule has 93 heavy (non-hydrogen) atoms. The average Bonchev–Trinajstić information content (AvgIpc) is 1.69. The Morgan fingerprint density at radius 2 is 1.28 bits per heavy atom. The largest absolute Gasteiger partial charge is 0.370 e. The number of likely N-dealkylation sites (N-methyl/N-ethyl adjacent to an activating group) is 7. The van der Waals surface area contributed by atoms with Gasteiger partial charge in [-0.15, -0.1) is 0 Å². The van der Waals surface area contributed by atoms with Gasteiger partial charge in [0.1, 0.15) is 41.9 Å². The van der Waals surface area contributed by atoms with Gasteiger partial charge < -0.3 is 55.4 Å². The Bertz CT molecular complexity index is 2550. The zero-order valence-corrected chi connectivity index (χ0v) is 61.5. The number of aldehydes is 2. The first-order valence-corrected chi connectivity index (χ1v) is 33.7. The molecule has 0 saturated carbocycles. The van der Waals surface area contributed by atoms with Crippen LogP contribution < -0.4 is 21.7 Å². The van der Waals surface area contributed by atoms with Gasteiger partial charge in [0.25, 0.3) is 0 Å². The molecule has 0 bridgehead atoms. The van der Waals surface area contributed by atoms with Crippen LogP contribution in [0.3, 0.4) is 0 Å². The number of unbranched alkanes of at least 4 members (excludes halogenated alkanes) is 1. The molecule has 5 N–H and O–H groups in total. The number of carbonyl (C=O) groups is 11. The second kappa shape index (κ2) is 38.4. The highest BCUT2D eigenvalue weighted by molar-refractivity contribution is 5.97. The fourth-order valence-electron chi connectivity index (χ4n) is 12.4. The van der Waals surface area contributed by atoms with Crippen molar-refractivity contribution < 1.29 is 57.5 Å². The summed E-state index contributed by atoms with van der Waals surface area (Å²) in [6, 6.07) is -6.93. The molecule has 15 unspecified atom stereocenters. The zero-order chi connectivity index (χ0) is 72.1. The molecule has 25 nitrogen and oxygen atoms in total. The number of amides is 9. The van der Waals surface area contributed by atoms with E-state index in [0.717, 1.165) is 6.42 Å². The first-order valence-electron chi connectivity index (χ1n) is 33.7. The molecule has 15 atom stereocenters. The van der Waals surface area contributed by atoms with Crippen molar-refractivity contribution in [2.24, 2.45) is 47.2 Å². The zero-order valence-electron chi connectivity index (χ0n) is 61.5. The minimum Gasteiger partial charge on any atom is -0.370 e. The number of hydrogen-bond donors (Lipinski definition) is 4. The van der Waals surface area contributed by atoms with E-state index in [0.29, 0.717) is 51.3 Å². The van der Waals surface area contributed by atoms with Gasteiger partial charge in [-0.1, -0.05) is 95.9 Å². The Morgan fingerprint density at radius 1 is 0.720 bits per heavy atom. The van der Waals surface area contributed by atoms with Crippen LogP contribution in [0.25, 0.3) is 0 Å².